The lowest BCUT2D eigenvalue weighted by Gasteiger charge is -2.31. The van der Waals surface area contributed by atoms with Crippen molar-refractivity contribution < 1.29 is 9.90 Å². The first kappa shape index (κ1) is 24.6. The molecule has 0 saturated heterocycles. The molecule has 5 rings (SSSR count). The highest BCUT2D eigenvalue weighted by molar-refractivity contribution is 5.86. The van der Waals surface area contributed by atoms with Crippen LogP contribution in [0.3, 0.4) is 0 Å². The minimum Gasteiger partial charge on any atom is -0.475 e. The summed E-state index contributed by atoms with van der Waals surface area (Å²) in [7, 11) is 0. The van der Waals surface area contributed by atoms with Crippen LogP contribution in [-0.2, 0) is 19.5 Å². The topological polar surface area (TPSA) is 185 Å². The number of carboxylic acid groups (broad SMARTS) is 1. The zero-order valence-electron chi connectivity index (χ0n) is 17.8. The van der Waals surface area contributed by atoms with Gasteiger partial charge in [-0.2, -0.15) is 0 Å². The maximum Gasteiger partial charge on any atom is 0.372 e. The van der Waals surface area contributed by atoms with Crippen LogP contribution >= 0.6 is 12.4 Å². The molecule has 3 heterocycles. The van der Waals surface area contributed by atoms with E-state index in [1.54, 1.807) is 0 Å². The van der Waals surface area contributed by atoms with Gasteiger partial charge in [0.05, 0.1) is 17.1 Å². The van der Waals surface area contributed by atoms with Gasteiger partial charge < -0.3 is 26.5 Å². The first-order chi connectivity index (χ1) is 15.8. The summed E-state index contributed by atoms with van der Waals surface area (Å²) >= 11 is 0. The van der Waals surface area contributed by atoms with E-state index >= 15 is 0 Å². The van der Waals surface area contributed by atoms with Gasteiger partial charge in [0.2, 0.25) is 5.82 Å². The Morgan fingerprint density at radius 2 is 1.91 bits per heavy atom. The maximum atomic E-state index is 11.6. The molecule has 0 fully saturated rings. The van der Waals surface area contributed by atoms with Gasteiger partial charge >= 0.3 is 5.97 Å². The van der Waals surface area contributed by atoms with Gasteiger partial charge in [-0.15, -0.1) is 12.4 Å². The molecule has 34 heavy (non-hydrogen) atoms. The van der Waals surface area contributed by atoms with Crippen molar-refractivity contribution in [3.8, 4) is 0 Å². The van der Waals surface area contributed by atoms with E-state index in [1.165, 1.54) is 24.0 Å². The lowest BCUT2D eigenvalue weighted by atomic mass is 9.96. The van der Waals surface area contributed by atoms with E-state index in [4.69, 9.17) is 16.6 Å². The number of fused-ring (bicyclic) bond motifs is 2. The summed E-state index contributed by atoms with van der Waals surface area (Å²) in [5.74, 6) is -1.65. The number of nitrogen functional groups attached to an aromatic ring is 1. The monoisotopic (exact) mass is 484 g/mol. The number of carboxylic acids is 1. The van der Waals surface area contributed by atoms with Crippen molar-refractivity contribution in [3.63, 3.8) is 0 Å². The van der Waals surface area contributed by atoms with Crippen molar-refractivity contribution in [3.05, 3.63) is 90.0 Å². The Kier molecular flexibility index (Phi) is 7.08. The SMILES string of the molecule is Cl.NCc1ccc2c(c1)CN(c1c(N)c(=O)c1=O)CC2.O=C(O)c1nc2cnccc2c(=O)[nH]1. The molecule has 11 nitrogen and oxygen atoms in total. The van der Waals surface area contributed by atoms with E-state index in [-0.39, 0.29) is 29.4 Å². The van der Waals surface area contributed by atoms with Gasteiger partial charge in [-0.3, -0.25) is 19.4 Å². The summed E-state index contributed by atoms with van der Waals surface area (Å²) in [6.07, 6.45) is 3.63. The quantitative estimate of drug-likeness (QED) is 0.295. The van der Waals surface area contributed by atoms with Crippen LogP contribution in [-0.4, -0.2) is 32.6 Å². The van der Waals surface area contributed by atoms with Crippen molar-refractivity contribution in [2.45, 2.75) is 19.5 Å². The first-order valence-electron chi connectivity index (χ1n) is 10.0. The van der Waals surface area contributed by atoms with E-state index in [2.05, 4.69) is 27.1 Å². The van der Waals surface area contributed by atoms with Crippen LogP contribution in [0, 0.1) is 0 Å². The lowest BCUT2D eigenvalue weighted by Crippen LogP contribution is -2.44. The highest BCUT2D eigenvalue weighted by Crippen LogP contribution is 2.26. The smallest absolute Gasteiger partial charge is 0.372 e. The van der Waals surface area contributed by atoms with Gasteiger partial charge in [-0.05, 0) is 29.2 Å². The zero-order chi connectivity index (χ0) is 23.7. The third kappa shape index (κ3) is 4.51. The molecule has 1 aliphatic rings. The fraction of sp³-hybridized carbons (Fsp3) is 0.182. The van der Waals surface area contributed by atoms with Gasteiger partial charge in [-0.1, -0.05) is 18.2 Å². The number of hydrogen-bond donors (Lipinski definition) is 4. The summed E-state index contributed by atoms with van der Waals surface area (Å²) in [6.45, 7) is 1.82. The second kappa shape index (κ2) is 9.81. The van der Waals surface area contributed by atoms with Crippen LogP contribution in [0.4, 0.5) is 11.4 Å². The van der Waals surface area contributed by atoms with Crippen molar-refractivity contribution in [2.75, 3.05) is 17.2 Å². The number of H-pyrrole nitrogens is 1. The van der Waals surface area contributed by atoms with E-state index in [9.17, 15) is 19.2 Å². The Hall–Kier alpha value is -4.09. The number of nitrogens with zero attached hydrogens (tertiary/aromatic N) is 3. The number of halogens is 1. The van der Waals surface area contributed by atoms with Gasteiger partial charge in [0.25, 0.3) is 16.4 Å². The van der Waals surface area contributed by atoms with Crippen molar-refractivity contribution >= 4 is 40.7 Å². The molecule has 1 aliphatic heterocycles. The van der Waals surface area contributed by atoms with Crippen LogP contribution in [0.1, 0.15) is 27.3 Å². The highest BCUT2D eigenvalue weighted by Gasteiger charge is 2.26. The number of rotatable bonds is 3. The van der Waals surface area contributed by atoms with E-state index in [0.29, 0.717) is 30.7 Å². The molecule has 0 saturated carbocycles. The molecule has 0 bridgehead atoms. The van der Waals surface area contributed by atoms with Crippen LogP contribution in [0.25, 0.3) is 10.9 Å². The molecular formula is C22H21ClN6O5. The Morgan fingerprint density at radius 1 is 1.15 bits per heavy atom. The number of aromatic nitrogens is 3. The molecule has 4 aromatic rings. The number of benzene rings is 1. The second-order valence-corrected chi connectivity index (χ2v) is 7.51. The average Bonchev–Trinajstić information content (AvgIpc) is 2.83. The van der Waals surface area contributed by atoms with Gasteiger partial charge in [0, 0.05) is 25.8 Å². The van der Waals surface area contributed by atoms with Crippen molar-refractivity contribution in [2.24, 2.45) is 5.73 Å². The fourth-order valence-corrected chi connectivity index (χ4v) is 3.73. The molecule has 0 unspecified atom stereocenters. The number of aromatic carboxylic acids is 1. The number of hydrogen-bond acceptors (Lipinski definition) is 9. The summed E-state index contributed by atoms with van der Waals surface area (Å²) in [4.78, 5) is 56.1. The molecule has 0 atom stereocenters. The molecule has 0 radical (unpaired) electrons. The van der Waals surface area contributed by atoms with Crippen LogP contribution in [0.2, 0.25) is 0 Å². The second-order valence-electron chi connectivity index (χ2n) is 7.51. The fourth-order valence-electron chi connectivity index (χ4n) is 3.73. The first-order valence-corrected chi connectivity index (χ1v) is 10.0. The Balaban J connectivity index is 0.000000193. The standard InChI is InChI=1S/C14H15N3O2.C8H5N3O3.ClH/c15-6-8-1-2-9-3-4-17(7-10(9)5-8)12-11(16)13(18)14(12)19;12-7-4-1-2-9-3-5(4)10-6(11-7)8(13)14;/h1-2,5H,3-4,6-7,15-16H2;1-3H,(H,13,14)(H,10,11,12);1H. The predicted molar refractivity (Wildman–Crippen MR) is 129 cm³/mol. The average molecular weight is 485 g/mol. The summed E-state index contributed by atoms with van der Waals surface area (Å²) in [6, 6.07) is 7.65. The minimum absolute atomic E-state index is 0. The van der Waals surface area contributed by atoms with E-state index in [0.717, 1.165) is 17.5 Å². The Morgan fingerprint density at radius 3 is 2.59 bits per heavy atom. The zero-order valence-corrected chi connectivity index (χ0v) is 18.6. The molecular weight excluding hydrogens is 464 g/mol. The number of anilines is 2. The summed E-state index contributed by atoms with van der Waals surface area (Å²) in [5.41, 5.74) is 14.0. The summed E-state index contributed by atoms with van der Waals surface area (Å²) < 4.78 is 0. The van der Waals surface area contributed by atoms with Crippen molar-refractivity contribution in [1.29, 1.82) is 0 Å². The molecule has 0 aliphatic carbocycles. The third-order valence-electron chi connectivity index (χ3n) is 5.47. The number of carbonyl (C=O) groups is 1. The van der Waals surface area contributed by atoms with Gasteiger partial charge in [0.15, 0.2) is 0 Å². The number of pyridine rings is 1. The molecule has 2 aromatic heterocycles. The minimum atomic E-state index is -1.27. The molecule has 12 heteroatoms. The Labute approximate surface area is 198 Å². The van der Waals surface area contributed by atoms with Crippen LogP contribution in [0.15, 0.2) is 51.0 Å². The van der Waals surface area contributed by atoms with Crippen LogP contribution in [0.5, 0.6) is 0 Å². The van der Waals surface area contributed by atoms with Crippen LogP contribution < -0.4 is 32.8 Å². The van der Waals surface area contributed by atoms with E-state index < -0.39 is 22.4 Å². The number of nitrogens with one attached hydrogen (secondary N) is 1. The van der Waals surface area contributed by atoms with Gasteiger partial charge in [0.1, 0.15) is 11.4 Å². The van der Waals surface area contributed by atoms with Crippen molar-refractivity contribution in [1.82, 2.24) is 15.0 Å². The predicted octanol–water partition coefficient (Wildman–Crippen LogP) is 0.324. The molecule has 0 amide bonds. The lowest BCUT2D eigenvalue weighted by molar-refractivity contribution is 0.0683. The molecule has 2 aromatic carbocycles. The molecule has 0 spiro atoms. The normalized spacial score (nSPS) is 12.4. The number of aromatic amines is 1. The largest absolute Gasteiger partial charge is 0.475 e. The third-order valence-corrected chi connectivity index (χ3v) is 5.47. The highest BCUT2D eigenvalue weighted by atomic mass is 35.5. The number of nitrogens with two attached hydrogens (primary N) is 2. The summed E-state index contributed by atoms with van der Waals surface area (Å²) in [5, 5.41) is 8.94. The molecule has 6 N–H and O–H groups in total. The Bertz CT molecular complexity index is 1510. The van der Waals surface area contributed by atoms with E-state index in [1.807, 2.05) is 11.0 Å². The maximum absolute atomic E-state index is 11.6. The molecule has 176 valence electrons. The van der Waals surface area contributed by atoms with Gasteiger partial charge in [-0.25, -0.2) is 9.78 Å².